The van der Waals surface area contributed by atoms with Crippen molar-refractivity contribution in [2.75, 3.05) is 23.1 Å². The zero-order chi connectivity index (χ0) is 32.8. The molecule has 0 bridgehead atoms. The summed E-state index contributed by atoms with van der Waals surface area (Å²) < 4.78 is 46.9. The minimum atomic E-state index is -4.97. The van der Waals surface area contributed by atoms with Gasteiger partial charge in [0.2, 0.25) is 5.91 Å². The topological polar surface area (TPSA) is 202 Å². The molecule has 0 radical (unpaired) electrons. The third-order valence-electron chi connectivity index (χ3n) is 6.06. The fourth-order valence-electron chi connectivity index (χ4n) is 4.02. The molecule has 3 rings (SSSR count). The van der Waals surface area contributed by atoms with Gasteiger partial charge in [-0.3, -0.25) is 20.3 Å². The van der Waals surface area contributed by atoms with Gasteiger partial charge in [-0.05, 0) is 54.4 Å². The molecule has 0 aliphatic heterocycles. The summed E-state index contributed by atoms with van der Waals surface area (Å²) in [4.78, 5) is 48.6. The highest BCUT2D eigenvalue weighted by Crippen LogP contribution is 2.43. The second-order valence-electron chi connectivity index (χ2n) is 9.09. The molecule has 0 aromatic heterocycles. The van der Waals surface area contributed by atoms with Crippen LogP contribution in [-0.2, 0) is 20.5 Å². The number of methoxy groups -OCH3 is 1. The summed E-state index contributed by atoms with van der Waals surface area (Å²) in [5.74, 6) is -4.11. The normalized spacial score (nSPS) is 10.7. The molecule has 0 aliphatic carbocycles. The number of carboxylic acids is 1. The maximum absolute atomic E-state index is 14.2. The SMILES string of the molecule is CCCC(=O)Nc1cc(C(=N)C(=O)Nc2ccc(C#N)cc2C(=O)O)c(O)cc1-c1ccc(NC(=O)OC)cc1C(F)(F)F. The summed E-state index contributed by atoms with van der Waals surface area (Å²) in [7, 11) is 1.03. The number of carboxylic acid groups (broad SMARTS) is 1. The number of rotatable bonds is 9. The van der Waals surface area contributed by atoms with E-state index in [9.17, 15) is 42.6 Å². The van der Waals surface area contributed by atoms with E-state index in [-0.39, 0.29) is 34.6 Å². The fourth-order valence-corrected chi connectivity index (χ4v) is 4.02. The van der Waals surface area contributed by atoms with Gasteiger partial charge in [0.25, 0.3) is 5.91 Å². The number of halogens is 3. The van der Waals surface area contributed by atoms with Crippen molar-refractivity contribution < 1.29 is 47.3 Å². The Labute approximate surface area is 247 Å². The Kier molecular flexibility index (Phi) is 9.91. The molecule has 12 nitrogen and oxygen atoms in total. The Balaban J connectivity index is 2.13. The van der Waals surface area contributed by atoms with E-state index in [1.165, 1.54) is 6.07 Å². The van der Waals surface area contributed by atoms with E-state index in [2.05, 4.69) is 20.7 Å². The first-order valence-corrected chi connectivity index (χ1v) is 12.6. The summed E-state index contributed by atoms with van der Waals surface area (Å²) in [6.07, 6.45) is -5.65. The van der Waals surface area contributed by atoms with Crippen molar-refractivity contribution in [3.63, 3.8) is 0 Å². The van der Waals surface area contributed by atoms with E-state index in [1.54, 1.807) is 13.0 Å². The first-order chi connectivity index (χ1) is 20.7. The molecule has 15 heteroatoms. The monoisotopic (exact) mass is 611 g/mol. The molecule has 3 aromatic rings. The van der Waals surface area contributed by atoms with Crippen LogP contribution in [0.2, 0.25) is 0 Å². The number of phenolic OH excluding ortho intramolecular Hbond substituents is 1. The van der Waals surface area contributed by atoms with Gasteiger partial charge in [0, 0.05) is 28.9 Å². The molecule has 3 amide bonds. The Morgan fingerprint density at radius 3 is 2.25 bits per heavy atom. The zero-order valence-electron chi connectivity index (χ0n) is 23.0. The van der Waals surface area contributed by atoms with Gasteiger partial charge in [0.1, 0.15) is 11.5 Å². The number of hydrogen-bond donors (Lipinski definition) is 6. The highest BCUT2D eigenvalue weighted by molar-refractivity contribution is 6.48. The largest absolute Gasteiger partial charge is 0.507 e. The Morgan fingerprint density at radius 1 is 0.955 bits per heavy atom. The number of nitrogens with one attached hydrogen (secondary N) is 4. The lowest BCUT2D eigenvalue weighted by atomic mass is 9.94. The van der Waals surface area contributed by atoms with Crippen molar-refractivity contribution >= 4 is 46.7 Å². The van der Waals surface area contributed by atoms with E-state index in [4.69, 9.17) is 10.7 Å². The molecule has 0 unspecified atom stereocenters. The highest BCUT2D eigenvalue weighted by atomic mass is 19.4. The van der Waals surface area contributed by atoms with Crippen molar-refractivity contribution in [1.82, 2.24) is 0 Å². The number of carbonyl (C=O) groups excluding carboxylic acids is 3. The molecule has 3 aromatic carbocycles. The smallest absolute Gasteiger partial charge is 0.417 e. The molecule has 228 valence electrons. The number of aromatic carboxylic acids is 1. The maximum Gasteiger partial charge on any atom is 0.417 e. The average Bonchev–Trinajstić information content (AvgIpc) is 2.97. The van der Waals surface area contributed by atoms with Crippen LogP contribution in [0.5, 0.6) is 5.75 Å². The van der Waals surface area contributed by atoms with Gasteiger partial charge in [-0.1, -0.05) is 13.0 Å². The predicted octanol–water partition coefficient (Wildman–Crippen LogP) is 5.57. The lowest BCUT2D eigenvalue weighted by molar-refractivity contribution is -0.137. The van der Waals surface area contributed by atoms with Crippen molar-refractivity contribution in [1.29, 1.82) is 10.7 Å². The lowest BCUT2D eigenvalue weighted by Gasteiger charge is -2.20. The number of aromatic hydroxyl groups is 1. The zero-order valence-corrected chi connectivity index (χ0v) is 23.0. The second-order valence-corrected chi connectivity index (χ2v) is 9.09. The van der Waals surface area contributed by atoms with Crippen LogP contribution >= 0.6 is 0 Å². The van der Waals surface area contributed by atoms with Crippen molar-refractivity contribution in [2.45, 2.75) is 25.9 Å². The van der Waals surface area contributed by atoms with Crippen LogP contribution in [0.1, 0.15) is 46.8 Å². The van der Waals surface area contributed by atoms with E-state index in [1.807, 2.05) is 0 Å². The number of ether oxygens (including phenoxy) is 1. The molecule has 0 saturated heterocycles. The van der Waals surface area contributed by atoms with Gasteiger partial charge in [-0.15, -0.1) is 0 Å². The summed E-state index contributed by atoms with van der Waals surface area (Å²) in [5.41, 5.74) is -4.78. The van der Waals surface area contributed by atoms with Gasteiger partial charge < -0.3 is 25.6 Å². The maximum atomic E-state index is 14.2. The third-order valence-corrected chi connectivity index (χ3v) is 6.06. The number of nitrogens with zero attached hydrogens (tertiary/aromatic N) is 1. The van der Waals surface area contributed by atoms with Gasteiger partial charge in [-0.25, -0.2) is 9.59 Å². The van der Waals surface area contributed by atoms with E-state index in [0.29, 0.717) is 12.5 Å². The van der Waals surface area contributed by atoms with E-state index >= 15 is 0 Å². The fraction of sp³-hybridized carbons (Fsp3) is 0.172. The molecule has 0 spiro atoms. The summed E-state index contributed by atoms with van der Waals surface area (Å²) in [6.45, 7) is 1.69. The number of alkyl halides is 3. The number of benzene rings is 3. The third kappa shape index (κ3) is 7.48. The molecular weight excluding hydrogens is 587 g/mol. The van der Waals surface area contributed by atoms with Crippen LogP contribution in [0, 0.1) is 16.7 Å². The highest BCUT2D eigenvalue weighted by Gasteiger charge is 2.35. The Morgan fingerprint density at radius 2 is 1.66 bits per heavy atom. The number of phenols is 1. The standard InChI is InChI=1S/C29H24F3N5O7/c1-3-4-24(39)36-22-11-19(25(34)26(40)37-21-8-5-14(13-33)9-18(21)27(41)42)23(38)12-17(22)16-7-6-15(35-28(43)44-2)10-20(16)29(30,31)32/h5-12,34,38H,3-4H2,1-2H3,(H,35,43)(H,36,39)(H,37,40)(H,41,42). The summed E-state index contributed by atoms with van der Waals surface area (Å²) >= 11 is 0. The van der Waals surface area contributed by atoms with Crippen LogP contribution in [0.15, 0.2) is 48.5 Å². The molecule has 0 atom stereocenters. The number of nitriles is 1. The second kappa shape index (κ2) is 13.4. The number of anilines is 3. The Hall–Kier alpha value is -5.91. The van der Waals surface area contributed by atoms with E-state index < -0.39 is 63.8 Å². The minimum absolute atomic E-state index is 0.0106. The molecule has 0 aliphatic rings. The van der Waals surface area contributed by atoms with Crippen LogP contribution < -0.4 is 16.0 Å². The molecule has 6 N–H and O–H groups in total. The summed E-state index contributed by atoms with van der Waals surface area (Å²) in [6, 6.07) is 9.64. The Bertz CT molecular complexity index is 1710. The van der Waals surface area contributed by atoms with Gasteiger partial charge in [-0.2, -0.15) is 18.4 Å². The molecular formula is C29H24F3N5O7. The number of hydrogen-bond acceptors (Lipinski definition) is 8. The summed E-state index contributed by atoms with van der Waals surface area (Å²) in [5, 5.41) is 44.4. The van der Waals surface area contributed by atoms with E-state index in [0.717, 1.165) is 43.5 Å². The van der Waals surface area contributed by atoms with Crippen LogP contribution in [0.3, 0.4) is 0 Å². The molecule has 0 heterocycles. The quantitative estimate of drug-likeness (QED) is 0.133. The molecule has 0 saturated carbocycles. The van der Waals surface area contributed by atoms with Gasteiger partial charge in [0.15, 0.2) is 0 Å². The first-order valence-electron chi connectivity index (χ1n) is 12.6. The van der Waals surface area contributed by atoms with Crippen molar-refractivity contribution in [3.8, 4) is 22.9 Å². The van der Waals surface area contributed by atoms with Crippen LogP contribution in [0.4, 0.5) is 35.0 Å². The first kappa shape index (κ1) is 32.6. The lowest BCUT2D eigenvalue weighted by Crippen LogP contribution is -2.24. The van der Waals surface area contributed by atoms with Crippen molar-refractivity contribution in [3.05, 3.63) is 70.8 Å². The minimum Gasteiger partial charge on any atom is -0.507 e. The number of amides is 3. The predicted molar refractivity (Wildman–Crippen MR) is 152 cm³/mol. The number of carbonyl (C=O) groups is 4. The molecule has 44 heavy (non-hydrogen) atoms. The van der Waals surface area contributed by atoms with Crippen LogP contribution in [-0.4, -0.2) is 46.9 Å². The van der Waals surface area contributed by atoms with Gasteiger partial charge in [0.05, 0.1) is 35.6 Å². The van der Waals surface area contributed by atoms with Crippen molar-refractivity contribution in [2.24, 2.45) is 0 Å². The van der Waals surface area contributed by atoms with Crippen LogP contribution in [0.25, 0.3) is 11.1 Å². The van der Waals surface area contributed by atoms with Gasteiger partial charge >= 0.3 is 18.2 Å². The molecule has 0 fully saturated rings. The average molecular weight is 612 g/mol.